The van der Waals surface area contributed by atoms with E-state index in [1.807, 2.05) is 0 Å². The molecule has 19 heavy (non-hydrogen) atoms. The van der Waals surface area contributed by atoms with Crippen LogP contribution in [0.5, 0.6) is 0 Å². The molecule has 116 valence electrons. The molecule has 3 nitrogen and oxygen atoms in total. The zero-order valence-corrected chi connectivity index (χ0v) is 14.0. The number of likely N-dealkylation sites (N-methyl/N-ethyl adjacent to an activating group) is 1. The van der Waals surface area contributed by atoms with E-state index in [0.717, 1.165) is 13.0 Å². The number of aliphatic hydroxyl groups excluding tert-OH is 1. The van der Waals surface area contributed by atoms with Gasteiger partial charge in [0.05, 0.1) is 6.61 Å². The fourth-order valence-corrected chi connectivity index (χ4v) is 2.92. The minimum absolute atomic E-state index is 0.161. The highest BCUT2D eigenvalue weighted by atomic mass is 16.3. The van der Waals surface area contributed by atoms with Crippen LogP contribution in [0.2, 0.25) is 0 Å². The molecule has 0 aromatic carbocycles. The normalized spacial score (nSPS) is 16.9. The van der Waals surface area contributed by atoms with Gasteiger partial charge in [0.1, 0.15) is 0 Å². The molecular weight excluding hydrogens is 236 g/mol. The van der Waals surface area contributed by atoms with Crippen LogP contribution in [0.25, 0.3) is 0 Å². The molecule has 0 saturated heterocycles. The summed E-state index contributed by atoms with van der Waals surface area (Å²) >= 11 is 0. The van der Waals surface area contributed by atoms with Crippen molar-refractivity contribution in [2.24, 2.45) is 0 Å². The van der Waals surface area contributed by atoms with Gasteiger partial charge in [-0.05, 0) is 53.6 Å². The standard InChI is InChI=1S/C16H36N2O/c1-7-9-10-11-18(14(3)4)15(5)12-16(6,13-19)17-8-2/h14-15,17,19H,7-13H2,1-6H3. The van der Waals surface area contributed by atoms with E-state index in [4.69, 9.17) is 0 Å². The van der Waals surface area contributed by atoms with Crippen LogP contribution in [-0.2, 0) is 0 Å². The van der Waals surface area contributed by atoms with Crippen molar-refractivity contribution in [2.45, 2.75) is 84.8 Å². The zero-order valence-electron chi connectivity index (χ0n) is 14.0. The van der Waals surface area contributed by atoms with E-state index in [1.165, 1.54) is 25.8 Å². The predicted molar refractivity (Wildman–Crippen MR) is 84.6 cm³/mol. The summed E-state index contributed by atoms with van der Waals surface area (Å²) in [4.78, 5) is 2.57. The molecular formula is C16H36N2O. The number of hydrogen-bond acceptors (Lipinski definition) is 3. The predicted octanol–water partition coefficient (Wildman–Crippen LogP) is 3.03. The van der Waals surface area contributed by atoms with Crippen molar-refractivity contribution in [1.29, 1.82) is 0 Å². The van der Waals surface area contributed by atoms with E-state index < -0.39 is 0 Å². The first-order valence-electron chi connectivity index (χ1n) is 8.01. The lowest BCUT2D eigenvalue weighted by atomic mass is 9.93. The van der Waals surface area contributed by atoms with Crippen LogP contribution < -0.4 is 5.32 Å². The van der Waals surface area contributed by atoms with Crippen molar-refractivity contribution in [2.75, 3.05) is 19.7 Å². The van der Waals surface area contributed by atoms with Crippen LogP contribution >= 0.6 is 0 Å². The van der Waals surface area contributed by atoms with Crippen LogP contribution in [0.1, 0.15) is 67.2 Å². The van der Waals surface area contributed by atoms with Crippen LogP contribution in [-0.4, -0.2) is 47.3 Å². The summed E-state index contributed by atoms with van der Waals surface area (Å²) < 4.78 is 0. The largest absolute Gasteiger partial charge is 0.394 e. The first kappa shape index (κ1) is 18.9. The number of rotatable bonds is 11. The number of unbranched alkanes of at least 4 members (excludes halogenated alkanes) is 2. The van der Waals surface area contributed by atoms with Crippen molar-refractivity contribution in [3.8, 4) is 0 Å². The maximum atomic E-state index is 9.62. The number of nitrogens with zero attached hydrogens (tertiary/aromatic N) is 1. The Morgan fingerprint density at radius 3 is 2.21 bits per heavy atom. The van der Waals surface area contributed by atoms with E-state index in [0.29, 0.717) is 12.1 Å². The van der Waals surface area contributed by atoms with Gasteiger partial charge < -0.3 is 10.4 Å². The Kier molecular flexibility index (Phi) is 9.67. The zero-order chi connectivity index (χ0) is 14.9. The second kappa shape index (κ2) is 9.73. The quantitative estimate of drug-likeness (QED) is 0.568. The van der Waals surface area contributed by atoms with E-state index in [9.17, 15) is 5.11 Å². The smallest absolute Gasteiger partial charge is 0.0611 e. The van der Waals surface area contributed by atoms with Crippen LogP contribution in [0.4, 0.5) is 0 Å². The molecule has 0 saturated carbocycles. The summed E-state index contributed by atoms with van der Waals surface area (Å²) in [6.45, 7) is 15.6. The van der Waals surface area contributed by atoms with E-state index in [-0.39, 0.29) is 12.1 Å². The third-order valence-electron chi connectivity index (χ3n) is 3.95. The Bertz CT molecular complexity index is 221. The van der Waals surface area contributed by atoms with Gasteiger partial charge in [0.25, 0.3) is 0 Å². The molecule has 0 aliphatic rings. The average molecular weight is 272 g/mol. The molecule has 0 aromatic heterocycles. The van der Waals surface area contributed by atoms with Gasteiger partial charge in [-0.3, -0.25) is 4.90 Å². The molecule has 0 aliphatic carbocycles. The molecule has 0 amide bonds. The molecule has 0 heterocycles. The van der Waals surface area contributed by atoms with Crippen molar-refractivity contribution in [1.82, 2.24) is 10.2 Å². The Labute approximate surface area is 120 Å². The molecule has 0 bridgehead atoms. The van der Waals surface area contributed by atoms with Gasteiger partial charge >= 0.3 is 0 Å². The topological polar surface area (TPSA) is 35.5 Å². The number of nitrogens with one attached hydrogen (secondary N) is 1. The molecule has 0 radical (unpaired) electrons. The fraction of sp³-hybridized carbons (Fsp3) is 1.00. The monoisotopic (exact) mass is 272 g/mol. The molecule has 2 N–H and O–H groups in total. The SMILES string of the molecule is CCCCCN(C(C)C)C(C)CC(C)(CO)NCC. The van der Waals surface area contributed by atoms with Crippen LogP contribution in [0.15, 0.2) is 0 Å². The maximum Gasteiger partial charge on any atom is 0.0611 e. The lowest BCUT2D eigenvalue weighted by Crippen LogP contribution is -2.51. The summed E-state index contributed by atoms with van der Waals surface area (Å²) in [7, 11) is 0. The first-order valence-corrected chi connectivity index (χ1v) is 8.01. The minimum Gasteiger partial charge on any atom is -0.394 e. The van der Waals surface area contributed by atoms with Gasteiger partial charge in [0.15, 0.2) is 0 Å². The third kappa shape index (κ3) is 7.28. The lowest BCUT2D eigenvalue weighted by Gasteiger charge is -2.38. The second-order valence-electron chi connectivity index (χ2n) is 6.34. The molecule has 2 unspecified atom stereocenters. The van der Waals surface area contributed by atoms with Gasteiger partial charge in [0.2, 0.25) is 0 Å². The summed E-state index contributed by atoms with van der Waals surface area (Å²) in [5, 5.41) is 13.0. The van der Waals surface area contributed by atoms with E-state index >= 15 is 0 Å². The van der Waals surface area contributed by atoms with Gasteiger partial charge in [-0.25, -0.2) is 0 Å². The van der Waals surface area contributed by atoms with E-state index in [1.54, 1.807) is 0 Å². The molecule has 0 fully saturated rings. The van der Waals surface area contributed by atoms with Gasteiger partial charge in [0, 0.05) is 17.6 Å². The number of hydrogen-bond donors (Lipinski definition) is 2. The summed E-state index contributed by atoms with van der Waals surface area (Å²) in [5.74, 6) is 0. The second-order valence-corrected chi connectivity index (χ2v) is 6.34. The summed E-state index contributed by atoms with van der Waals surface area (Å²) in [5.41, 5.74) is -0.161. The maximum absolute atomic E-state index is 9.62. The molecule has 0 aliphatic heterocycles. The fourth-order valence-electron chi connectivity index (χ4n) is 2.92. The van der Waals surface area contributed by atoms with Crippen molar-refractivity contribution < 1.29 is 5.11 Å². The average Bonchev–Trinajstić information content (AvgIpc) is 2.34. The molecule has 0 spiro atoms. The highest BCUT2D eigenvalue weighted by Gasteiger charge is 2.28. The number of aliphatic hydroxyl groups is 1. The summed E-state index contributed by atoms with van der Waals surface area (Å²) in [6.07, 6.45) is 4.84. The van der Waals surface area contributed by atoms with Gasteiger partial charge in [-0.1, -0.05) is 26.7 Å². The summed E-state index contributed by atoms with van der Waals surface area (Å²) in [6, 6.07) is 1.06. The Morgan fingerprint density at radius 1 is 1.16 bits per heavy atom. The van der Waals surface area contributed by atoms with Gasteiger partial charge in [-0.15, -0.1) is 0 Å². The highest BCUT2D eigenvalue weighted by Crippen LogP contribution is 2.18. The Hall–Kier alpha value is -0.120. The molecule has 0 aromatic rings. The third-order valence-corrected chi connectivity index (χ3v) is 3.95. The highest BCUT2D eigenvalue weighted by molar-refractivity contribution is 4.87. The molecule has 0 rings (SSSR count). The Balaban J connectivity index is 4.48. The van der Waals surface area contributed by atoms with Crippen LogP contribution in [0.3, 0.4) is 0 Å². The van der Waals surface area contributed by atoms with Crippen molar-refractivity contribution in [3.05, 3.63) is 0 Å². The van der Waals surface area contributed by atoms with Crippen molar-refractivity contribution >= 4 is 0 Å². The lowest BCUT2D eigenvalue weighted by molar-refractivity contribution is 0.0963. The van der Waals surface area contributed by atoms with Crippen molar-refractivity contribution in [3.63, 3.8) is 0 Å². The molecule has 3 heteroatoms. The molecule has 2 atom stereocenters. The first-order chi connectivity index (χ1) is 8.90. The van der Waals surface area contributed by atoms with Gasteiger partial charge in [-0.2, -0.15) is 0 Å². The van der Waals surface area contributed by atoms with Crippen LogP contribution in [0, 0.1) is 0 Å². The minimum atomic E-state index is -0.161. The van der Waals surface area contributed by atoms with E-state index in [2.05, 4.69) is 51.8 Å². The Morgan fingerprint density at radius 2 is 1.79 bits per heavy atom.